The first-order valence-corrected chi connectivity index (χ1v) is 23.4. The topological polar surface area (TPSA) is 68.0 Å². The first kappa shape index (κ1) is 37.9. The van der Waals surface area contributed by atoms with Crippen molar-refractivity contribution in [3.63, 3.8) is 0 Å². The summed E-state index contributed by atoms with van der Waals surface area (Å²) in [5.74, 6) is 1.32. The van der Waals surface area contributed by atoms with Crippen LogP contribution in [-0.4, -0.2) is 16.2 Å². The molecule has 11 aromatic carbocycles. The fraction of sp³-hybridized carbons (Fsp3) is 0.0159. The van der Waals surface area contributed by atoms with Gasteiger partial charge in [0.25, 0.3) is 0 Å². The average Bonchev–Trinajstić information content (AvgIpc) is 4.09. The van der Waals surface area contributed by atoms with E-state index in [0.717, 1.165) is 105 Å². The van der Waals surface area contributed by atoms with Crippen LogP contribution < -0.4 is 5.32 Å². The molecule has 4 heterocycles. The fourth-order valence-electron chi connectivity index (χ4n) is 10.9. The monoisotopic (exact) mass is 882 g/mol. The van der Waals surface area contributed by atoms with Gasteiger partial charge in [0.1, 0.15) is 22.6 Å². The van der Waals surface area contributed by atoms with Gasteiger partial charge in [-0.05, 0) is 86.6 Å². The maximum absolute atomic E-state index is 7.22. The Balaban J connectivity index is 1.03. The van der Waals surface area contributed by atoms with Crippen LogP contribution in [0.15, 0.2) is 237 Å². The lowest BCUT2D eigenvalue weighted by Crippen LogP contribution is -2.33. The van der Waals surface area contributed by atoms with Crippen LogP contribution in [0, 0.1) is 0 Å². The van der Waals surface area contributed by atoms with E-state index in [2.05, 4.69) is 210 Å². The van der Waals surface area contributed by atoms with Gasteiger partial charge in [-0.1, -0.05) is 170 Å². The van der Waals surface area contributed by atoms with Gasteiger partial charge in [0.05, 0.1) is 16.7 Å². The Labute approximate surface area is 394 Å². The second kappa shape index (κ2) is 14.6. The summed E-state index contributed by atoms with van der Waals surface area (Å²) in [5.41, 5.74) is 11.4. The van der Waals surface area contributed by atoms with E-state index < -0.39 is 6.17 Å². The summed E-state index contributed by atoms with van der Waals surface area (Å²) in [6.07, 6.45) is -0.527. The van der Waals surface area contributed by atoms with Crippen LogP contribution in [-0.2, 0) is 0 Å². The van der Waals surface area contributed by atoms with E-state index in [1.807, 2.05) is 18.2 Å². The maximum Gasteiger partial charge on any atom is 0.159 e. The molecule has 0 amide bonds. The molecule has 1 unspecified atom stereocenters. The number of furan rings is 2. The maximum atomic E-state index is 7.22. The molecule has 0 saturated heterocycles. The lowest BCUT2D eigenvalue weighted by Gasteiger charge is -2.24. The molecule has 0 fully saturated rings. The van der Waals surface area contributed by atoms with E-state index in [-0.39, 0.29) is 0 Å². The molecule has 6 nitrogen and oxygen atoms in total. The van der Waals surface area contributed by atoms with Crippen LogP contribution in [0.5, 0.6) is 0 Å². The summed E-state index contributed by atoms with van der Waals surface area (Å²) >= 11 is 0. The van der Waals surface area contributed by atoms with Gasteiger partial charge in [0, 0.05) is 54.4 Å². The number of amidine groups is 2. The quantitative estimate of drug-likeness (QED) is 0.187. The van der Waals surface area contributed by atoms with E-state index in [4.69, 9.17) is 18.8 Å². The highest BCUT2D eigenvalue weighted by Crippen LogP contribution is 2.43. The SMILES string of the molecule is c1ccc(-c2ccc(C3=NC(c4cc(-n5c6cc7ccccc7cc6c6cc7ccccc7cc65)c5oc6c7ccccc7ccc6c5c4)=NC(c4cccc5c4oc4ccccc45)N3)cc2)cc1. The zero-order chi connectivity index (χ0) is 45.2. The molecule has 1 aliphatic rings. The summed E-state index contributed by atoms with van der Waals surface area (Å²) in [7, 11) is 0. The summed E-state index contributed by atoms with van der Waals surface area (Å²) in [6.45, 7) is 0. The Morgan fingerprint density at radius 3 is 1.71 bits per heavy atom. The van der Waals surface area contributed by atoms with Crippen LogP contribution >= 0.6 is 0 Å². The standard InChI is InChI=1S/C63H38N4O2/c1-2-13-37(14-3-1)38-25-27-40(28-26-38)61-64-62(66-63(65-61)50-23-12-22-48-47-21-10-11-24-57(47)68-59(48)50)45-33-53-49-30-29-39-15-8-9-20-46(39)58(49)69-60(53)56(36-45)67-54-34-43-18-6-4-16-41(43)31-51(54)52-32-42-17-5-7-19-44(42)35-55(52)67/h1-36,63H,(H,64,65,66). The Kier molecular flexibility index (Phi) is 8.03. The predicted octanol–water partition coefficient (Wildman–Crippen LogP) is 16.2. The zero-order valence-electron chi connectivity index (χ0n) is 37.0. The second-order valence-corrected chi connectivity index (χ2v) is 18.1. The van der Waals surface area contributed by atoms with Crippen molar-refractivity contribution in [2.45, 2.75) is 6.17 Å². The smallest absolute Gasteiger partial charge is 0.159 e. The number of benzene rings is 11. The lowest BCUT2D eigenvalue weighted by atomic mass is 10.0. The number of aliphatic imine (C=N–C) groups is 2. The van der Waals surface area contributed by atoms with Gasteiger partial charge in [-0.3, -0.25) is 0 Å². The fourth-order valence-corrected chi connectivity index (χ4v) is 10.9. The van der Waals surface area contributed by atoms with Gasteiger partial charge in [-0.15, -0.1) is 0 Å². The minimum atomic E-state index is -0.527. The van der Waals surface area contributed by atoms with Crippen LogP contribution in [0.4, 0.5) is 0 Å². The molecule has 0 radical (unpaired) electrons. The van der Waals surface area contributed by atoms with Gasteiger partial charge in [0.15, 0.2) is 17.6 Å². The minimum Gasteiger partial charge on any atom is -0.456 e. The van der Waals surface area contributed by atoms with Crippen molar-refractivity contribution >= 4 is 110 Å². The second-order valence-electron chi connectivity index (χ2n) is 18.1. The van der Waals surface area contributed by atoms with E-state index in [9.17, 15) is 0 Å². The van der Waals surface area contributed by atoms with Crippen molar-refractivity contribution in [2.75, 3.05) is 0 Å². The third kappa shape index (κ3) is 5.85. The first-order chi connectivity index (χ1) is 34.2. The van der Waals surface area contributed by atoms with Crippen LogP contribution in [0.25, 0.3) is 115 Å². The van der Waals surface area contributed by atoms with Gasteiger partial charge < -0.3 is 18.7 Å². The molecule has 6 heteroatoms. The van der Waals surface area contributed by atoms with Crippen molar-refractivity contribution in [3.05, 3.63) is 235 Å². The van der Waals surface area contributed by atoms with Crippen LogP contribution in [0.3, 0.4) is 0 Å². The molecule has 14 aromatic rings. The number of fused-ring (bicyclic) bond motifs is 13. The Hall–Kier alpha value is -9.26. The molecule has 15 rings (SSSR count). The van der Waals surface area contributed by atoms with E-state index in [0.29, 0.717) is 5.84 Å². The summed E-state index contributed by atoms with van der Waals surface area (Å²) in [4.78, 5) is 11.0. The number of aromatic nitrogens is 1. The predicted molar refractivity (Wildman–Crippen MR) is 285 cm³/mol. The van der Waals surface area contributed by atoms with Crippen LogP contribution in [0.1, 0.15) is 22.9 Å². The van der Waals surface area contributed by atoms with Gasteiger partial charge >= 0.3 is 0 Å². The van der Waals surface area contributed by atoms with Crippen molar-refractivity contribution in [1.29, 1.82) is 0 Å². The van der Waals surface area contributed by atoms with Crippen molar-refractivity contribution in [2.24, 2.45) is 9.98 Å². The molecule has 1 atom stereocenters. The van der Waals surface area contributed by atoms with Gasteiger partial charge in [-0.25, -0.2) is 9.98 Å². The minimum absolute atomic E-state index is 0.527. The Morgan fingerprint density at radius 1 is 0.377 bits per heavy atom. The number of hydrogen-bond acceptors (Lipinski definition) is 5. The molecule has 322 valence electrons. The largest absolute Gasteiger partial charge is 0.456 e. The molecule has 1 N–H and O–H groups in total. The van der Waals surface area contributed by atoms with E-state index in [1.165, 1.54) is 32.3 Å². The van der Waals surface area contributed by atoms with Gasteiger partial charge in [0.2, 0.25) is 0 Å². The molecular weight excluding hydrogens is 845 g/mol. The van der Waals surface area contributed by atoms with Crippen molar-refractivity contribution < 1.29 is 8.83 Å². The number of nitrogens with zero attached hydrogens (tertiary/aromatic N) is 3. The van der Waals surface area contributed by atoms with E-state index >= 15 is 0 Å². The third-order valence-electron chi connectivity index (χ3n) is 14.2. The number of nitrogens with one attached hydrogen (secondary N) is 1. The molecule has 69 heavy (non-hydrogen) atoms. The molecule has 3 aromatic heterocycles. The highest BCUT2D eigenvalue weighted by Gasteiger charge is 2.27. The molecular formula is C63H38N4O2. The Bertz CT molecular complexity index is 4420. The van der Waals surface area contributed by atoms with E-state index in [1.54, 1.807) is 0 Å². The normalized spacial score (nSPS) is 14.2. The molecule has 0 spiro atoms. The molecule has 0 aliphatic carbocycles. The first-order valence-electron chi connectivity index (χ1n) is 23.4. The van der Waals surface area contributed by atoms with Gasteiger partial charge in [-0.2, -0.15) is 0 Å². The molecule has 1 aliphatic heterocycles. The Morgan fingerprint density at radius 2 is 0.971 bits per heavy atom. The number of para-hydroxylation sites is 2. The lowest BCUT2D eigenvalue weighted by molar-refractivity contribution is 0.628. The van der Waals surface area contributed by atoms with Crippen molar-refractivity contribution in [1.82, 2.24) is 9.88 Å². The average molecular weight is 883 g/mol. The number of rotatable bonds is 5. The summed E-state index contributed by atoms with van der Waals surface area (Å²) in [5, 5.41) is 17.2. The summed E-state index contributed by atoms with van der Waals surface area (Å²) in [6, 6.07) is 77.5. The van der Waals surface area contributed by atoms with Crippen molar-refractivity contribution in [3.8, 4) is 16.8 Å². The molecule has 0 bridgehead atoms. The zero-order valence-corrected chi connectivity index (χ0v) is 37.0. The summed E-state index contributed by atoms with van der Waals surface area (Å²) < 4.78 is 16.3. The van der Waals surface area contributed by atoms with Crippen LogP contribution in [0.2, 0.25) is 0 Å². The third-order valence-corrected chi connectivity index (χ3v) is 14.2. The molecule has 0 saturated carbocycles. The highest BCUT2D eigenvalue weighted by atomic mass is 16.3. The number of hydrogen-bond donors (Lipinski definition) is 1. The highest BCUT2D eigenvalue weighted by molar-refractivity contribution is 6.22.